The van der Waals surface area contributed by atoms with Crippen molar-refractivity contribution in [3.05, 3.63) is 59.7 Å². The molecule has 0 amide bonds. The minimum Gasteiger partial charge on any atom is -0.507 e. The van der Waals surface area contributed by atoms with Crippen LogP contribution in [0.1, 0.15) is 23.7 Å². The van der Waals surface area contributed by atoms with E-state index in [1.165, 1.54) is 12.1 Å². The van der Waals surface area contributed by atoms with E-state index in [9.17, 15) is 35.4 Å². The van der Waals surface area contributed by atoms with Crippen LogP contribution in [0.2, 0.25) is 0 Å². The van der Waals surface area contributed by atoms with Gasteiger partial charge in [-0.1, -0.05) is 12.1 Å². The minimum absolute atomic E-state index is 0.0310. The standard InChI is InChI=1S/C30H33N3O12/c1-32-9-11-42-27-20(44-30-26(38)24(36)25(37)28(45-30)29(39)40)13-19-22(23(27)35)17(34)12-18(43-19)14-2-5-16(6-3-14)41-10-8-15-4-7-21(31)33-15/h2-7,12-13,18,24-26,28,30-32,34-38H,8-11H2,1H3,(H,39,40). The number of likely N-dealkylation sites (N-methyl/N-ethyl adjacent to an activating group) is 1. The van der Waals surface area contributed by atoms with E-state index in [0.717, 1.165) is 5.71 Å². The number of rotatable bonds is 12. The number of benzene rings is 2. The number of hydrogen-bond donors (Lipinski definition) is 8. The Balaban J connectivity index is 1.37. The van der Waals surface area contributed by atoms with E-state index in [1.807, 2.05) is 0 Å². The summed E-state index contributed by atoms with van der Waals surface area (Å²) in [6.45, 7) is 0.734. The molecule has 0 aliphatic carbocycles. The lowest BCUT2D eigenvalue weighted by molar-refractivity contribution is -0.271. The van der Waals surface area contributed by atoms with E-state index >= 15 is 0 Å². The van der Waals surface area contributed by atoms with Gasteiger partial charge in [0.05, 0.1) is 6.61 Å². The molecule has 240 valence electrons. The highest BCUT2D eigenvalue weighted by Crippen LogP contribution is 2.51. The Kier molecular flexibility index (Phi) is 9.55. The van der Waals surface area contributed by atoms with Crippen molar-refractivity contribution in [1.82, 2.24) is 5.32 Å². The van der Waals surface area contributed by atoms with Crippen LogP contribution in [0.25, 0.3) is 5.76 Å². The van der Waals surface area contributed by atoms with Crippen LogP contribution in [0, 0.1) is 5.41 Å². The molecule has 0 spiro atoms. The molecule has 6 unspecified atom stereocenters. The quantitative estimate of drug-likeness (QED) is 0.154. The normalized spacial score (nSPS) is 25.6. The summed E-state index contributed by atoms with van der Waals surface area (Å²) in [5, 5.41) is 72.6. The number of aliphatic carboxylic acids is 1. The van der Waals surface area contributed by atoms with E-state index in [0.29, 0.717) is 30.9 Å². The number of aliphatic hydroxyl groups excluding tert-OH is 4. The van der Waals surface area contributed by atoms with Crippen molar-refractivity contribution in [3.8, 4) is 28.7 Å². The summed E-state index contributed by atoms with van der Waals surface area (Å²) in [7, 11) is 1.68. The van der Waals surface area contributed by atoms with Gasteiger partial charge in [-0.15, -0.1) is 0 Å². The SMILES string of the molecule is CNCCOc1c(OC2OC(C(=O)O)C(O)C(O)C2O)cc2c(c1O)C(O)=CC(c1ccc(OCCC3=NC(=N)C=C3)cc1)O2. The van der Waals surface area contributed by atoms with Gasteiger partial charge in [0.2, 0.25) is 12.0 Å². The molecule has 45 heavy (non-hydrogen) atoms. The number of nitrogens with one attached hydrogen (secondary N) is 2. The van der Waals surface area contributed by atoms with Crippen LogP contribution in [-0.2, 0) is 9.53 Å². The number of amidine groups is 1. The number of phenols is 1. The third-order valence-corrected chi connectivity index (χ3v) is 7.19. The predicted molar refractivity (Wildman–Crippen MR) is 157 cm³/mol. The van der Waals surface area contributed by atoms with Gasteiger partial charge in [0.1, 0.15) is 59.7 Å². The number of ether oxygens (including phenoxy) is 5. The second-order valence-electron chi connectivity index (χ2n) is 10.3. The first-order chi connectivity index (χ1) is 21.6. The second kappa shape index (κ2) is 13.5. The van der Waals surface area contributed by atoms with Crippen LogP contribution in [0.15, 0.2) is 53.6 Å². The van der Waals surface area contributed by atoms with Gasteiger partial charge in [0.15, 0.2) is 17.6 Å². The Morgan fingerprint density at radius 2 is 1.80 bits per heavy atom. The van der Waals surface area contributed by atoms with Gasteiger partial charge < -0.3 is 59.6 Å². The molecule has 3 heterocycles. The van der Waals surface area contributed by atoms with Crippen molar-refractivity contribution in [3.63, 3.8) is 0 Å². The number of nitrogens with zero attached hydrogens (tertiary/aromatic N) is 1. The zero-order valence-corrected chi connectivity index (χ0v) is 24.0. The Bertz CT molecular complexity index is 1520. The fourth-order valence-corrected chi connectivity index (χ4v) is 4.83. The first-order valence-electron chi connectivity index (χ1n) is 14.0. The van der Waals surface area contributed by atoms with E-state index < -0.39 is 48.5 Å². The summed E-state index contributed by atoms with van der Waals surface area (Å²) < 4.78 is 28.5. The number of aliphatic hydroxyl groups is 4. The van der Waals surface area contributed by atoms with Crippen LogP contribution < -0.4 is 24.3 Å². The Labute approximate surface area is 256 Å². The van der Waals surface area contributed by atoms with Crippen LogP contribution >= 0.6 is 0 Å². The summed E-state index contributed by atoms with van der Waals surface area (Å²) in [5.74, 6) is -2.26. The van der Waals surface area contributed by atoms with E-state index in [-0.39, 0.29) is 41.0 Å². The largest absolute Gasteiger partial charge is 0.507 e. The lowest BCUT2D eigenvalue weighted by Gasteiger charge is -2.38. The Morgan fingerprint density at radius 3 is 2.47 bits per heavy atom. The van der Waals surface area contributed by atoms with Gasteiger partial charge >= 0.3 is 5.97 Å². The van der Waals surface area contributed by atoms with Crippen molar-refractivity contribution in [2.24, 2.45) is 4.99 Å². The molecule has 3 aliphatic heterocycles. The van der Waals surface area contributed by atoms with E-state index in [1.54, 1.807) is 43.5 Å². The maximum Gasteiger partial charge on any atom is 0.335 e. The molecule has 1 fully saturated rings. The van der Waals surface area contributed by atoms with Gasteiger partial charge in [0.25, 0.3) is 0 Å². The number of allylic oxidation sites excluding steroid dienone is 1. The zero-order valence-electron chi connectivity index (χ0n) is 24.0. The zero-order chi connectivity index (χ0) is 32.2. The highest BCUT2D eigenvalue weighted by atomic mass is 16.7. The molecule has 0 aromatic heterocycles. The average Bonchev–Trinajstić information content (AvgIpc) is 3.43. The van der Waals surface area contributed by atoms with E-state index in [2.05, 4.69) is 10.3 Å². The van der Waals surface area contributed by atoms with Crippen molar-refractivity contribution in [1.29, 1.82) is 5.41 Å². The van der Waals surface area contributed by atoms with Crippen LogP contribution in [0.3, 0.4) is 0 Å². The number of carbonyl (C=O) groups is 1. The number of phenolic OH excluding ortho intramolecular Hbond substituents is 1. The molecule has 6 atom stereocenters. The van der Waals surface area contributed by atoms with Crippen molar-refractivity contribution in [2.75, 3.05) is 26.8 Å². The van der Waals surface area contributed by atoms with Crippen molar-refractivity contribution < 1.29 is 59.1 Å². The minimum atomic E-state index is -1.93. The highest BCUT2D eigenvalue weighted by Gasteiger charge is 2.48. The summed E-state index contributed by atoms with van der Waals surface area (Å²) in [5.41, 5.74) is 1.28. The highest BCUT2D eigenvalue weighted by molar-refractivity contribution is 6.14. The number of fused-ring (bicyclic) bond motifs is 1. The monoisotopic (exact) mass is 627 g/mol. The maximum absolute atomic E-state index is 11.6. The Hall–Kier alpha value is -4.67. The molecular formula is C30H33N3O12. The van der Waals surface area contributed by atoms with Gasteiger partial charge in [-0.05, 0) is 36.9 Å². The lowest BCUT2D eigenvalue weighted by atomic mass is 9.99. The Morgan fingerprint density at radius 1 is 1.04 bits per heavy atom. The van der Waals surface area contributed by atoms with Gasteiger partial charge in [-0.25, -0.2) is 9.79 Å². The molecule has 1 saturated heterocycles. The molecule has 0 radical (unpaired) electrons. The van der Waals surface area contributed by atoms with Crippen molar-refractivity contribution in [2.45, 2.75) is 43.2 Å². The predicted octanol–water partition coefficient (Wildman–Crippen LogP) is 1.05. The summed E-state index contributed by atoms with van der Waals surface area (Å²) in [4.78, 5) is 15.6. The number of aliphatic imine (C=N–C) groups is 1. The maximum atomic E-state index is 11.6. The first kappa shape index (κ1) is 31.7. The molecule has 2 aromatic rings. The molecule has 0 bridgehead atoms. The fraction of sp³-hybridized carbons (Fsp3) is 0.367. The summed E-state index contributed by atoms with van der Waals surface area (Å²) in [6.07, 6.45) is -4.97. The number of aromatic hydroxyl groups is 1. The summed E-state index contributed by atoms with van der Waals surface area (Å²) >= 11 is 0. The van der Waals surface area contributed by atoms with Crippen molar-refractivity contribution >= 4 is 23.3 Å². The molecule has 2 aromatic carbocycles. The molecular weight excluding hydrogens is 594 g/mol. The molecule has 0 saturated carbocycles. The summed E-state index contributed by atoms with van der Waals surface area (Å²) in [6, 6.07) is 8.17. The van der Waals surface area contributed by atoms with Crippen LogP contribution in [-0.4, -0.2) is 106 Å². The first-order valence-corrected chi connectivity index (χ1v) is 14.0. The second-order valence-corrected chi connectivity index (χ2v) is 10.3. The number of carboxylic acids is 1. The van der Waals surface area contributed by atoms with Gasteiger partial charge in [-0.2, -0.15) is 0 Å². The fourth-order valence-electron chi connectivity index (χ4n) is 4.83. The lowest BCUT2D eigenvalue weighted by Crippen LogP contribution is -2.61. The smallest absolute Gasteiger partial charge is 0.335 e. The molecule has 15 heteroatoms. The number of hydrogen-bond acceptors (Lipinski definition) is 13. The third kappa shape index (κ3) is 6.87. The molecule has 3 aliphatic rings. The van der Waals surface area contributed by atoms with Crippen LogP contribution in [0.5, 0.6) is 28.7 Å². The molecule has 15 nitrogen and oxygen atoms in total. The molecule has 8 N–H and O–H groups in total. The van der Waals surface area contributed by atoms with Crippen LogP contribution in [0.4, 0.5) is 0 Å². The topological polar surface area (TPSA) is 233 Å². The molecule has 5 rings (SSSR count). The van der Waals surface area contributed by atoms with Gasteiger partial charge in [0, 0.05) is 30.8 Å². The van der Waals surface area contributed by atoms with E-state index in [4.69, 9.17) is 29.1 Å². The number of carboxylic acid groups (broad SMARTS) is 1. The van der Waals surface area contributed by atoms with Gasteiger partial charge in [-0.3, -0.25) is 5.41 Å². The third-order valence-electron chi connectivity index (χ3n) is 7.19. The average molecular weight is 628 g/mol.